The number of carbonyl (C=O) groups excluding carboxylic acids is 1. The molecule has 0 radical (unpaired) electrons. The molecule has 0 spiro atoms. The monoisotopic (exact) mass is 317 g/mol. The molecule has 0 saturated carbocycles. The van der Waals surface area contributed by atoms with Crippen molar-refractivity contribution < 1.29 is 22.5 Å². The molecular weight excluding hydrogens is 305 g/mol. The van der Waals surface area contributed by atoms with E-state index < -0.39 is 37.4 Å². The Morgan fingerprint density at radius 2 is 2.05 bits per heavy atom. The van der Waals surface area contributed by atoms with E-state index in [-0.39, 0.29) is 24.2 Å². The van der Waals surface area contributed by atoms with Crippen LogP contribution in [0, 0.1) is 29.8 Å². The van der Waals surface area contributed by atoms with Gasteiger partial charge in [-0.25, -0.2) is 17.5 Å². The van der Waals surface area contributed by atoms with Gasteiger partial charge in [0.05, 0.1) is 17.0 Å². The predicted molar refractivity (Wildman–Crippen MR) is 69.8 cm³/mol. The molecule has 1 aliphatic rings. The fourth-order valence-electron chi connectivity index (χ4n) is 2.32. The maximum atomic E-state index is 13.7. The fourth-order valence-corrected chi connectivity index (χ4v) is 4.11. The summed E-state index contributed by atoms with van der Waals surface area (Å²) in [6, 6.07) is -0.0211. The number of aryl methyl sites for hydroxylation is 1. The lowest BCUT2D eigenvalue weighted by molar-refractivity contribution is -0.388. The first-order chi connectivity index (χ1) is 9.67. The van der Waals surface area contributed by atoms with Gasteiger partial charge in [0.25, 0.3) is 10.0 Å². The number of amides is 2. The minimum atomic E-state index is -4.27. The van der Waals surface area contributed by atoms with Crippen molar-refractivity contribution in [1.29, 1.82) is 0 Å². The zero-order valence-electron chi connectivity index (χ0n) is 11.2. The number of halogens is 1. The van der Waals surface area contributed by atoms with Crippen molar-refractivity contribution in [2.75, 3.05) is 13.1 Å². The minimum Gasteiger partial charge on any atom is -0.335 e. The van der Waals surface area contributed by atoms with Crippen molar-refractivity contribution >= 4 is 21.7 Å². The van der Waals surface area contributed by atoms with Gasteiger partial charge in [-0.1, -0.05) is 0 Å². The number of nitro groups is 1. The van der Waals surface area contributed by atoms with Crippen molar-refractivity contribution in [1.82, 2.24) is 9.62 Å². The van der Waals surface area contributed by atoms with E-state index in [2.05, 4.69) is 5.32 Å². The molecule has 0 atom stereocenters. The normalized spacial score (nSPS) is 15.2. The molecule has 0 unspecified atom stereocenters. The number of rotatable bonds is 3. The first-order valence-electron chi connectivity index (χ1n) is 5.92. The largest absolute Gasteiger partial charge is 0.335 e. The lowest BCUT2D eigenvalue weighted by Crippen LogP contribution is -2.35. The highest BCUT2D eigenvalue weighted by Gasteiger charge is 2.37. The molecule has 0 aromatic heterocycles. The van der Waals surface area contributed by atoms with Gasteiger partial charge in [0.15, 0.2) is 0 Å². The standard InChI is InChI=1S/C11H12FN3O5S/c1-6-5-8(12)9(15(17)18)7(2)10(6)21(19,20)14-4-3-13-11(14)16/h5H,3-4H2,1-2H3,(H,13,16). The number of hydrogen-bond donors (Lipinski definition) is 1. The number of hydrogen-bond acceptors (Lipinski definition) is 5. The average molecular weight is 317 g/mol. The van der Waals surface area contributed by atoms with Gasteiger partial charge < -0.3 is 5.32 Å². The zero-order valence-corrected chi connectivity index (χ0v) is 12.0. The molecule has 1 aromatic carbocycles. The first kappa shape index (κ1) is 15.2. The second-order valence-corrected chi connectivity index (χ2v) is 6.34. The van der Waals surface area contributed by atoms with Crippen LogP contribution in [0.4, 0.5) is 14.9 Å². The molecule has 0 bridgehead atoms. The molecule has 1 fully saturated rings. The summed E-state index contributed by atoms with van der Waals surface area (Å²) in [5, 5.41) is 13.2. The summed E-state index contributed by atoms with van der Waals surface area (Å²) in [5.74, 6) is -1.11. The van der Waals surface area contributed by atoms with Crippen LogP contribution in [0.15, 0.2) is 11.0 Å². The second-order valence-electron chi connectivity index (χ2n) is 4.54. The smallest absolute Gasteiger partial charge is 0.331 e. The van der Waals surface area contributed by atoms with Gasteiger partial charge in [-0.15, -0.1) is 0 Å². The highest BCUT2D eigenvalue weighted by Crippen LogP contribution is 2.33. The number of sulfonamides is 1. The summed E-state index contributed by atoms with van der Waals surface area (Å²) in [5.41, 5.74) is -1.22. The van der Waals surface area contributed by atoms with E-state index >= 15 is 0 Å². The van der Waals surface area contributed by atoms with E-state index in [1.807, 2.05) is 0 Å². The van der Waals surface area contributed by atoms with Crippen LogP contribution in [-0.2, 0) is 10.0 Å². The topological polar surface area (TPSA) is 110 Å². The van der Waals surface area contributed by atoms with Gasteiger partial charge in [-0.2, -0.15) is 4.39 Å². The molecule has 1 saturated heterocycles. The molecule has 0 aliphatic carbocycles. The number of nitrogens with one attached hydrogen (secondary N) is 1. The lowest BCUT2D eigenvalue weighted by Gasteiger charge is -2.18. The second kappa shape index (κ2) is 4.95. The van der Waals surface area contributed by atoms with Crippen LogP contribution in [0.3, 0.4) is 0 Å². The Kier molecular flexibility index (Phi) is 3.58. The predicted octanol–water partition coefficient (Wildman–Crippen LogP) is 1.06. The van der Waals surface area contributed by atoms with Gasteiger partial charge in [-0.05, 0) is 25.5 Å². The van der Waals surface area contributed by atoms with Crippen LogP contribution in [0.1, 0.15) is 11.1 Å². The Morgan fingerprint density at radius 3 is 2.52 bits per heavy atom. The molecule has 114 valence electrons. The van der Waals surface area contributed by atoms with E-state index in [1.165, 1.54) is 6.92 Å². The van der Waals surface area contributed by atoms with Gasteiger partial charge >= 0.3 is 11.7 Å². The number of nitro benzene ring substituents is 1. The highest BCUT2D eigenvalue weighted by molar-refractivity contribution is 7.89. The highest BCUT2D eigenvalue weighted by atomic mass is 32.2. The quantitative estimate of drug-likeness (QED) is 0.662. The van der Waals surface area contributed by atoms with Gasteiger partial charge in [0, 0.05) is 6.54 Å². The number of nitrogens with zero attached hydrogens (tertiary/aromatic N) is 2. The lowest BCUT2D eigenvalue weighted by atomic mass is 10.1. The Labute approximate surface area is 119 Å². The number of carbonyl (C=O) groups is 1. The van der Waals surface area contributed by atoms with E-state index in [9.17, 15) is 27.7 Å². The number of benzene rings is 1. The average Bonchev–Trinajstić information content (AvgIpc) is 2.74. The van der Waals surface area contributed by atoms with E-state index in [0.717, 1.165) is 13.0 Å². The van der Waals surface area contributed by atoms with Crippen LogP contribution in [0.5, 0.6) is 0 Å². The van der Waals surface area contributed by atoms with Crippen LogP contribution in [0.2, 0.25) is 0 Å². The molecule has 1 N–H and O–H groups in total. The summed E-state index contributed by atoms with van der Waals surface area (Å²) in [6.07, 6.45) is 0. The molecule has 10 heteroatoms. The summed E-state index contributed by atoms with van der Waals surface area (Å²) >= 11 is 0. The van der Waals surface area contributed by atoms with Gasteiger partial charge in [0.2, 0.25) is 5.82 Å². The molecule has 21 heavy (non-hydrogen) atoms. The summed E-state index contributed by atoms with van der Waals surface area (Å²) in [6.45, 7) is 2.54. The number of urea groups is 1. The van der Waals surface area contributed by atoms with Crippen LogP contribution in [0.25, 0.3) is 0 Å². The van der Waals surface area contributed by atoms with Crippen LogP contribution < -0.4 is 5.32 Å². The van der Waals surface area contributed by atoms with E-state index in [1.54, 1.807) is 0 Å². The minimum absolute atomic E-state index is 0.00954. The van der Waals surface area contributed by atoms with Crippen molar-refractivity contribution in [3.8, 4) is 0 Å². The van der Waals surface area contributed by atoms with Crippen molar-refractivity contribution in [3.05, 3.63) is 33.1 Å². The molecular formula is C11H12FN3O5S. The van der Waals surface area contributed by atoms with E-state index in [0.29, 0.717) is 4.31 Å². The third-order valence-corrected chi connectivity index (χ3v) is 5.24. The Morgan fingerprint density at radius 1 is 1.43 bits per heavy atom. The van der Waals surface area contributed by atoms with Crippen molar-refractivity contribution in [2.24, 2.45) is 0 Å². The van der Waals surface area contributed by atoms with E-state index in [4.69, 9.17) is 0 Å². The Balaban J connectivity index is 2.72. The maximum absolute atomic E-state index is 13.7. The molecule has 1 aromatic rings. The van der Waals surface area contributed by atoms with Crippen molar-refractivity contribution in [2.45, 2.75) is 18.7 Å². The third-order valence-electron chi connectivity index (χ3n) is 3.17. The molecule has 1 heterocycles. The molecule has 2 rings (SSSR count). The SMILES string of the molecule is Cc1cc(F)c([N+](=O)[O-])c(C)c1S(=O)(=O)N1CCNC1=O. The maximum Gasteiger partial charge on any atom is 0.331 e. The third kappa shape index (κ3) is 2.31. The summed E-state index contributed by atoms with van der Waals surface area (Å²) in [4.78, 5) is 21.0. The summed E-state index contributed by atoms with van der Waals surface area (Å²) in [7, 11) is -4.27. The van der Waals surface area contributed by atoms with Gasteiger partial charge in [-0.3, -0.25) is 10.1 Å². The summed E-state index contributed by atoms with van der Waals surface area (Å²) < 4.78 is 39.2. The van der Waals surface area contributed by atoms with Crippen molar-refractivity contribution in [3.63, 3.8) is 0 Å². The first-order valence-corrected chi connectivity index (χ1v) is 7.36. The Bertz CT molecular complexity index is 747. The fraction of sp³-hybridized carbons (Fsp3) is 0.364. The Hall–Kier alpha value is -2.23. The zero-order chi connectivity index (χ0) is 15.9. The molecule has 8 nitrogen and oxygen atoms in total. The van der Waals surface area contributed by atoms with Crippen LogP contribution in [-0.4, -0.2) is 36.8 Å². The molecule has 1 aliphatic heterocycles. The van der Waals surface area contributed by atoms with Gasteiger partial charge in [0.1, 0.15) is 4.90 Å². The molecule has 2 amide bonds. The van der Waals surface area contributed by atoms with Crippen LogP contribution >= 0.6 is 0 Å².